The van der Waals surface area contributed by atoms with E-state index < -0.39 is 12.0 Å². The van der Waals surface area contributed by atoms with Crippen LogP contribution in [0, 0.1) is 17.2 Å². The fraction of sp³-hybridized carbons (Fsp3) is 0.567. The maximum atomic E-state index is 12.3. The van der Waals surface area contributed by atoms with E-state index in [0.717, 1.165) is 37.5 Å². The molecule has 1 aromatic heterocycles. The van der Waals surface area contributed by atoms with E-state index >= 15 is 0 Å². The van der Waals surface area contributed by atoms with Crippen LogP contribution in [-0.2, 0) is 4.79 Å². The van der Waals surface area contributed by atoms with E-state index in [4.69, 9.17) is 28.5 Å². The number of nitrogens with zero attached hydrogens (tertiary/aromatic N) is 2. The van der Waals surface area contributed by atoms with Gasteiger partial charge >= 0.3 is 0 Å². The number of aromatic hydroxyl groups is 1. The Bertz CT molecular complexity index is 1260. The first kappa shape index (κ1) is 34.8. The molecule has 0 saturated heterocycles. The van der Waals surface area contributed by atoms with Gasteiger partial charge in [-0.2, -0.15) is 0 Å². The molecule has 1 aromatic carbocycles. The molecule has 13 nitrogen and oxygen atoms in total. The number of phenols is 1. The standard InChI is InChI=1S/C30H46ClN9O4/c1-18(36-16-24(43)21-12-13-23(42)22(15-21)37-17-41)5-4-7-20-10-8-19(9-11-20)6-2-3-14-35-30(34)40-29(44)25-27(32)39-28(33)26(31)38-25/h12-13,15,17-20,24,36,42-43H,2-11,14,16H2,1H3,(H,37,41)(H4,32,33,39)(H3,34,35,40,44)/t18-,19?,20?,24+/m1/s1. The predicted octanol–water partition coefficient (Wildman–Crippen LogP) is 3.68. The number of nitrogens with two attached hydrogens (primary N) is 2. The summed E-state index contributed by atoms with van der Waals surface area (Å²) >= 11 is 5.81. The van der Waals surface area contributed by atoms with E-state index in [1.807, 2.05) is 0 Å². The minimum absolute atomic E-state index is 0.0382. The van der Waals surface area contributed by atoms with Gasteiger partial charge in [-0.1, -0.05) is 69.0 Å². The molecule has 242 valence electrons. The molecule has 0 spiro atoms. The van der Waals surface area contributed by atoms with Crippen molar-refractivity contribution in [3.8, 4) is 5.75 Å². The summed E-state index contributed by atoms with van der Waals surface area (Å²) in [5.74, 6) is 0.452. The van der Waals surface area contributed by atoms with Crippen LogP contribution in [0.2, 0.25) is 5.15 Å². The van der Waals surface area contributed by atoms with Crippen molar-refractivity contribution in [3.63, 3.8) is 0 Å². The third-order valence-electron chi connectivity index (χ3n) is 8.19. The topological polar surface area (TPSA) is 224 Å². The zero-order valence-electron chi connectivity index (χ0n) is 25.2. The number of aliphatic hydroxyl groups excluding tert-OH is 1. The molecule has 0 aliphatic heterocycles. The SMILES string of the molecule is C[C@H](CCCC1CCC(CCCCNC(=N)NC(=O)c2nc(Cl)c(N)nc2N)CC1)NC[C@H](O)c1ccc(O)c(NC=O)c1. The summed E-state index contributed by atoms with van der Waals surface area (Å²) in [6.07, 6.45) is 11.3. The van der Waals surface area contributed by atoms with Crippen LogP contribution in [0.3, 0.4) is 0 Å². The molecule has 1 aliphatic rings. The highest BCUT2D eigenvalue weighted by atomic mass is 35.5. The Morgan fingerprint density at radius 2 is 1.80 bits per heavy atom. The molecule has 1 fully saturated rings. The van der Waals surface area contributed by atoms with Crippen molar-refractivity contribution in [2.75, 3.05) is 29.9 Å². The number of guanidine groups is 1. The van der Waals surface area contributed by atoms with Crippen LogP contribution in [0.4, 0.5) is 17.3 Å². The van der Waals surface area contributed by atoms with Gasteiger partial charge in [-0.05, 0) is 49.3 Å². The number of anilines is 3. The molecule has 2 atom stereocenters. The number of halogens is 1. The Labute approximate surface area is 263 Å². The Hall–Kier alpha value is -3.68. The van der Waals surface area contributed by atoms with E-state index in [-0.39, 0.29) is 45.9 Å². The molecule has 1 heterocycles. The number of carbonyl (C=O) groups is 2. The maximum absolute atomic E-state index is 12.3. The van der Waals surface area contributed by atoms with Gasteiger partial charge < -0.3 is 37.6 Å². The minimum atomic E-state index is -0.736. The smallest absolute Gasteiger partial charge is 0.280 e. The summed E-state index contributed by atoms with van der Waals surface area (Å²) in [5, 5.41) is 39.2. The summed E-state index contributed by atoms with van der Waals surface area (Å²) < 4.78 is 0. The summed E-state index contributed by atoms with van der Waals surface area (Å²) in [7, 11) is 0. The number of unbranched alkanes of at least 4 members (excludes halogenated alkanes) is 1. The minimum Gasteiger partial charge on any atom is -0.506 e. The Balaban J connectivity index is 1.21. The molecular formula is C30H46ClN9O4. The molecule has 0 bridgehead atoms. The lowest BCUT2D eigenvalue weighted by atomic mass is 9.78. The molecule has 3 rings (SSSR count). The molecular weight excluding hydrogens is 586 g/mol. The van der Waals surface area contributed by atoms with Crippen LogP contribution in [-0.4, -0.2) is 57.6 Å². The zero-order valence-corrected chi connectivity index (χ0v) is 26.0. The van der Waals surface area contributed by atoms with Gasteiger partial charge in [0.1, 0.15) is 5.75 Å². The van der Waals surface area contributed by atoms with Crippen LogP contribution in [0.1, 0.15) is 93.3 Å². The summed E-state index contributed by atoms with van der Waals surface area (Å²) in [5.41, 5.74) is 11.9. The van der Waals surface area contributed by atoms with E-state index in [9.17, 15) is 19.8 Å². The highest BCUT2D eigenvalue weighted by molar-refractivity contribution is 6.31. The molecule has 1 aliphatic carbocycles. The van der Waals surface area contributed by atoms with Crippen molar-refractivity contribution in [3.05, 3.63) is 34.6 Å². The fourth-order valence-corrected chi connectivity index (χ4v) is 5.72. The number of nitrogens with one attached hydrogen (secondary N) is 5. The average Bonchev–Trinajstić information content (AvgIpc) is 2.99. The first-order valence-corrected chi connectivity index (χ1v) is 15.6. The predicted molar refractivity (Wildman–Crippen MR) is 172 cm³/mol. The molecule has 0 unspecified atom stereocenters. The van der Waals surface area contributed by atoms with E-state index in [1.54, 1.807) is 12.1 Å². The van der Waals surface area contributed by atoms with Crippen LogP contribution < -0.4 is 32.7 Å². The number of hydrogen-bond donors (Lipinski definition) is 9. The van der Waals surface area contributed by atoms with Crippen molar-refractivity contribution in [1.29, 1.82) is 5.41 Å². The third-order valence-corrected chi connectivity index (χ3v) is 8.47. The van der Waals surface area contributed by atoms with Crippen molar-refractivity contribution in [1.82, 2.24) is 25.9 Å². The first-order chi connectivity index (χ1) is 21.1. The Morgan fingerprint density at radius 1 is 1.11 bits per heavy atom. The molecule has 14 heteroatoms. The van der Waals surface area contributed by atoms with Gasteiger partial charge in [0.2, 0.25) is 6.41 Å². The lowest BCUT2D eigenvalue weighted by Crippen LogP contribution is -2.41. The van der Waals surface area contributed by atoms with Crippen molar-refractivity contribution < 1.29 is 19.8 Å². The van der Waals surface area contributed by atoms with Gasteiger partial charge in [0.05, 0.1) is 11.8 Å². The first-order valence-electron chi connectivity index (χ1n) is 15.2. The van der Waals surface area contributed by atoms with Gasteiger partial charge in [0.15, 0.2) is 28.4 Å². The van der Waals surface area contributed by atoms with E-state index in [2.05, 4.69) is 38.2 Å². The quantitative estimate of drug-likeness (QED) is 0.0429. The Kier molecular flexibility index (Phi) is 13.9. The number of rotatable bonds is 16. The molecule has 1 saturated carbocycles. The lowest BCUT2D eigenvalue weighted by molar-refractivity contribution is -0.105. The van der Waals surface area contributed by atoms with Crippen LogP contribution in [0.5, 0.6) is 5.75 Å². The number of aromatic nitrogens is 2. The molecule has 44 heavy (non-hydrogen) atoms. The second-order valence-corrected chi connectivity index (χ2v) is 11.9. The second kappa shape index (κ2) is 17.6. The number of hydrogen-bond acceptors (Lipinski definition) is 10. The highest BCUT2D eigenvalue weighted by Crippen LogP contribution is 2.34. The van der Waals surface area contributed by atoms with Gasteiger partial charge in [0.25, 0.3) is 5.91 Å². The average molecular weight is 632 g/mol. The van der Waals surface area contributed by atoms with Gasteiger partial charge in [-0.15, -0.1) is 0 Å². The largest absolute Gasteiger partial charge is 0.506 e. The van der Waals surface area contributed by atoms with Gasteiger partial charge in [0, 0.05) is 19.1 Å². The zero-order chi connectivity index (χ0) is 32.1. The number of nitrogen functional groups attached to an aromatic ring is 2. The lowest BCUT2D eigenvalue weighted by Gasteiger charge is -2.29. The second-order valence-electron chi connectivity index (χ2n) is 11.6. The van der Waals surface area contributed by atoms with Gasteiger partial charge in [-0.3, -0.25) is 20.3 Å². The molecule has 2 amide bonds. The van der Waals surface area contributed by atoms with Crippen molar-refractivity contribution >= 4 is 47.2 Å². The number of benzene rings is 1. The summed E-state index contributed by atoms with van der Waals surface area (Å²) in [6, 6.07) is 4.97. The Morgan fingerprint density at radius 3 is 2.48 bits per heavy atom. The van der Waals surface area contributed by atoms with Crippen LogP contribution in [0.25, 0.3) is 0 Å². The molecule has 11 N–H and O–H groups in total. The van der Waals surface area contributed by atoms with E-state index in [0.29, 0.717) is 25.1 Å². The van der Waals surface area contributed by atoms with Crippen LogP contribution in [0.15, 0.2) is 18.2 Å². The summed E-state index contributed by atoms with van der Waals surface area (Å²) in [6.45, 7) is 3.10. The molecule has 2 aromatic rings. The monoisotopic (exact) mass is 631 g/mol. The normalized spacial score (nSPS) is 17.8. The number of amides is 2. The third kappa shape index (κ3) is 11.1. The number of phenolic OH excluding ortho intramolecular Hbond substituents is 1. The molecule has 0 radical (unpaired) electrons. The number of aliphatic hydroxyl groups is 1. The van der Waals surface area contributed by atoms with E-state index in [1.165, 1.54) is 44.6 Å². The number of carbonyl (C=O) groups excluding carboxylic acids is 2. The van der Waals surface area contributed by atoms with Crippen molar-refractivity contribution in [2.45, 2.75) is 83.3 Å². The summed E-state index contributed by atoms with van der Waals surface area (Å²) in [4.78, 5) is 30.6. The highest BCUT2D eigenvalue weighted by Gasteiger charge is 2.21. The maximum Gasteiger partial charge on any atom is 0.280 e. The van der Waals surface area contributed by atoms with Crippen molar-refractivity contribution in [2.24, 2.45) is 11.8 Å². The van der Waals surface area contributed by atoms with Gasteiger partial charge in [-0.25, -0.2) is 9.97 Å². The van der Waals surface area contributed by atoms with Crippen LogP contribution >= 0.6 is 11.6 Å². The fourth-order valence-electron chi connectivity index (χ4n) is 5.59.